The number of amides is 1. The Morgan fingerprint density at radius 3 is 2.55 bits per heavy atom. The summed E-state index contributed by atoms with van der Waals surface area (Å²) in [7, 11) is 0. The van der Waals surface area contributed by atoms with Gasteiger partial charge in [0, 0.05) is 24.0 Å². The van der Waals surface area contributed by atoms with Crippen LogP contribution in [0.5, 0.6) is 0 Å². The first-order chi connectivity index (χ1) is 14.2. The van der Waals surface area contributed by atoms with Crippen molar-refractivity contribution >= 4 is 17.7 Å². The van der Waals surface area contributed by atoms with Crippen molar-refractivity contribution in [1.82, 2.24) is 24.6 Å². The van der Waals surface area contributed by atoms with E-state index in [1.165, 1.54) is 30.1 Å². The summed E-state index contributed by atoms with van der Waals surface area (Å²) in [6, 6.07) is 15.7. The van der Waals surface area contributed by atoms with Gasteiger partial charge in [-0.25, -0.2) is 14.1 Å². The van der Waals surface area contributed by atoms with Crippen molar-refractivity contribution in [2.45, 2.75) is 11.7 Å². The molecule has 2 aromatic carbocycles. The molecule has 146 valence electrons. The summed E-state index contributed by atoms with van der Waals surface area (Å²) in [5.74, 6) is -0.601. The lowest BCUT2D eigenvalue weighted by Gasteiger charge is -2.11. The summed E-state index contributed by atoms with van der Waals surface area (Å²) >= 11 is 1.41. The molecule has 0 spiro atoms. The van der Waals surface area contributed by atoms with Crippen molar-refractivity contribution in [3.8, 4) is 11.4 Å². The lowest BCUT2D eigenvalue weighted by molar-refractivity contribution is 0.0943. The number of halogens is 1. The van der Waals surface area contributed by atoms with Crippen molar-refractivity contribution in [2.75, 3.05) is 6.26 Å². The van der Waals surface area contributed by atoms with Gasteiger partial charge in [-0.1, -0.05) is 30.0 Å². The zero-order chi connectivity index (χ0) is 20.2. The standard InChI is InChI=1S/C21H18FN5OS/c1-29-21-24-13-19(27(21)18-9-7-16(22)8-10-18)20(28)23-11-15-12-25-26(14-15)17-5-3-2-4-6-17/h2-10,12-14H,11H2,1H3,(H,23,28). The molecular formula is C21H18FN5OS. The molecule has 0 aliphatic heterocycles. The van der Waals surface area contributed by atoms with Crippen LogP contribution in [-0.2, 0) is 6.54 Å². The fraction of sp³-hybridized carbons (Fsp3) is 0.0952. The number of para-hydroxylation sites is 1. The van der Waals surface area contributed by atoms with Crippen molar-refractivity contribution in [1.29, 1.82) is 0 Å². The summed E-state index contributed by atoms with van der Waals surface area (Å²) in [5.41, 5.74) is 2.89. The van der Waals surface area contributed by atoms with E-state index < -0.39 is 0 Å². The number of benzene rings is 2. The second-order valence-corrected chi connectivity index (χ2v) is 7.03. The fourth-order valence-electron chi connectivity index (χ4n) is 2.92. The molecule has 0 fully saturated rings. The number of hydrogen-bond acceptors (Lipinski definition) is 4. The third-order valence-electron chi connectivity index (χ3n) is 4.34. The van der Waals surface area contributed by atoms with Gasteiger partial charge in [-0.15, -0.1) is 0 Å². The van der Waals surface area contributed by atoms with E-state index in [4.69, 9.17) is 0 Å². The molecule has 29 heavy (non-hydrogen) atoms. The van der Waals surface area contributed by atoms with Crippen molar-refractivity contribution in [3.05, 3.63) is 90.3 Å². The number of carbonyl (C=O) groups excluding carboxylic acids is 1. The van der Waals surface area contributed by atoms with E-state index in [1.54, 1.807) is 27.6 Å². The molecule has 4 rings (SSSR count). The van der Waals surface area contributed by atoms with Crippen LogP contribution in [0.15, 0.2) is 78.3 Å². The topological polar surface area (TPSA) is 64.7 Å². The van der Waals surface area contributed by atoms with Crippen LogP contribution in [0.3, 0.4) is 0 Å². The monoisotopic (exact) mass is 407 g/mol. The second-order valence-electron chi connectivity index (χ2n) is 6.25. The van der Waals surface area contributed by atoms with Crippen LogP contribution < -0.4 is 5.32 Å². The number of nitrogens with zero attached hydrogens (tertiary/aromatic N) is 4. The van der Waals surface area contributed by atoms with Crippen LogP contribution in [-0.4, -0.2) is 31.5 Å². The molecule has 0 atom stereocenters. The number of carbonyl (C=O) groups is 1. The van der Waals surface area contributed by atoms with E-state index in [0.29, 0.717) is 23.1 Å². The molecule has 0 aliphatic carbocycles. The number of imidazole rings is 1. The molecule has 8 heteroatoms. The quantitative estimate of drug-likeness (QED) is 0.493. The van der Waals surface area contributed by atoms with Crippen LogP contribution in [0, 0.1) is 5.82 Å². The van der Waals surface area contributed by atoms with Gasteiger partial charge in [0.05, 0.1) is 18.1 Å². The van der Waals surface area contributed by atoms with Gasteiger partial charge < -0.3 is 5.32 Å². The first kappa shape index (κ1) is 18.9. The second kappa shape index (κ2) is 8.32. The van der Waals surface area contributed by atoms with E-state index >= 15 is 0 Å². The van der Waals surface area contributed by atoms with Gasteiger partial charge in [0.25, 0.3) is 5.91 Å². The van der Waals surface area contributed by atoms with Gasteiger partial charge in [-0.3, -0.25) is 9.36 Å². The van der Waals surface area contributed by atoms with Gasteiger partial charge in [0.2, 0.25) is 0 Å². The summed E-state index contributed by atoms with van der Waals surface area (Å²) < 4.78 is 16.8. The van der Waals surface area contributed by atoms with Gasteiger partial charge in [0.1, 0.15) is 11.5 Å². The van der Waals surface area contributed by atoms with Crippen LogP contribution in [0.2, 0.25) is 0 Å². The van der Waals surface area contributed by atoms with Crippen molar-refractivity contribution in [2.24, 2.45) is 0 Å². The van der Waals surface area contributed by atoms with Crippen LogP contribution in [0.1, 0.15) is 16.1 Å². The molecule has 1 amide bonds. The third kappa shape index (κ3) is 4.07. The average Bonchev–Trinajstić information content (AvgIpc) is 3.40. The van der Waals surface area contributed by atoms with E-state index in [2.05, 4.69) is 15.4 Å². The van der Waals surface area contributed by atoms with Gasteiger partial charge >= 0.3 is 0 Å². The van der Waals surface area contributed by atoms with E-state index in [0.717, 1.165) is 11.3 Å². The zero-order valence-electron chi connectivity index (χ0n) is 15.6. The first-order valence-corrected chi connectivity index (χ1v) is 10.1. The Balaban J connectivity index is 1.52. The predicted octanol–water partition coefficient (Wildman–Crippen LogP) is 3.85. The maximum absolute atomic E-state index is 13.3. The SMILES string of the molecule is CSc1ncc(C(=O)NCc2cnn(-c3ccccc3)c2)n1-c1ccc(F)cc1. The normalized spacial score (nSPS) is 10.8. The molecule has 0 bridgehead atoms. The number of thioether (sulfide) groups is 1. The molecule has 2 heterocycles. The highest BCUT2D eigenvalue weighted by atomic mass is 32.2. The Morgan fingerprint density at radius 1 is 1.07 bits per heavy atom. The molecule has 0 saturated carbocycles. The number of nitrogens with one attached hydrogen (secondary N) is 1. The largest absolute Gasteiger partial charge is 0.347 e. The first-order valence-electron chi connectivity index (χ1n) is 8.90. The summed E-state index contributed by atoms with van der Waals surface area (Å²) in [6.07, 6.45) is 7.00. The summed E-state index contributed by atoms with van der Waals surface area (Å²) in [6.45, 7) is 0.328. The lowest BCUT2D eigenvalue weighted by Crippen LogP contribution is -2.25. The molecule has 2 aromatic heterocycles. The molecule has 0 unspecified atom stereocenters. The predicted molar refractivity (Wildman–Crippen MR) is 110 cm³/mol. The van der Waals surface area contributed by atoms with Gasteiger partial charge in [-0.2, -0.15) is 5.10 Å². The molecule has 0 aliphatic rings. The van der Waals surface area contributed by atoms with Crippen LogP contribution in [0.4, 0.5) is 4.39 Å². The minimum Gasteiger partial charge on any atom is -0.347 e. The molecule has 6 nitrogen and oxygen atoms in total. The lowest BCUT2D eigenvalue weighted by atomic mass is 10.3. The molecule has 4 aromatic rings. The highest BCUT2D eigenvalue weighted by Crippen LogP contribution is 2.22. The minimum atomic E-state index is -0.332. The molecule has 0 radical (unpaired) electrons. The highest BCUT2D eigenvalue weighted by Gasteiger charge is 2.18. The fourth-order valence-corrected chi connectivity index (χ4v) is 3.47. The molecule has 1 N–H and O–H groups in total. The summed E-state index contributed by atoms with van der Waals surface area (Å²) in [4.78, 5) is 17.1. The minimum absolute atomic E-state index is 0.269. The highest BCUT2D eigenvalue weighted by molar-refractivity contribution is 7.98. The number of aromatic nitrogens is 4. The Labute approximate surface area is 171 Å². The maximum atomic E-state index is 13.3. The van der Waals surface area contributed by atoms with E-state index in [-0.39, 0.29) is 11.7 Å². The summed E-state index contributed by atoms with van der Waals surface area (Å²) in [5, 5.41) is 7.89. The Bertz CT molecular complexity index is 1120. The third-order valence-corrected chi connectivity index (χ3v) is 4.99. The average molecular weight is 407 g/mol. The van der Waals surface area contributed by atoms with Crippen LogP contribution >= 0.6 is 11.8 Å². The van der Waals surface area contributed by atoms with Crippen molar-refractivity contribution in [3.63, 3.8) is 0 Å². The number of rotatable bonds is 6. The molecule has 0 saturated heterocycles. The van der Waals surface area contributed by atoms with E-state index in [9.17, 15) is 9.18 Å². The Kier molecular flexibility index (Phi) is 5.44. The van der Waals surface area contributed by atoms with Gasteiger partial charge in [-0.05, 0) is 42.7 Å². The Morgan fingerprint density at radius 2 is 1.83 bits per heavy atom. The number of hydrogen-bond donors (Lipinski definition) is 1. The Hall–Kier alpha value is -3.39. The van der Waals surface area contributed by atoms with Crippen LogP contribution in [0.25, 0.3) is 11.4 Å². The van der Waals surface area contributed by atoms with Crippen molar-refractivity contribution < 1.29 is 9.18 Å². The maximum Gasteiger partial charge on any atom is 0.270 e. The molecular weight excluding hydrogens is 389 g/mol. The zero-order valence-corrected chi connectivity index (χ0v) is 16.4. The van der Waals surface area contributed by atoms with Gasteiger partial charge in [0.15, 0.2) is 5.16 Å². The van der Waals surface area contributed by atoms with E-state index in [1.807, 2.05) is 42.8 Å². The smallest absolute Gasteiger partial charge is 0.270 e.